The molecule has 6 heteroatoms. The van der Waals surface area contributed by atoms with Gasteiger partial charge in [0.2, 0.25) is 11.7 Å². The van der Waals surface area contributed by atoms with Crippen molar-refractivity contribution in [1.29, 1.82) is 0 Å². The number of aromatic nitrogens is 4. The first-order chi connectivity index (χ1) is 12.5. The Morgan fingerprint density at radius 1 is 1.12 bits per heavy atom. The summed E-state index contributed by atoms with van der Waals surface area (Å²) in [4.78, 5) is 13.8. The van der Waals surface area contributed by atoms with E-state index in [9.17, 15) is 4.79 Å². The molecule has 1 unspecified atom stereocenters. The van der Waals surface area contributed by atoms with Crippen LogP contribution >= 0.6 is 0 Å². The number of hydrogen-bond acceptors (Lipinski definition) is 4. The molecule has 0 aliphatic carbocycles. The molecule has 6 nitrogen and oxygen atoms in total. The van der Waals surface area contributed by atoms with Crippen LogP contribution in [0.2, 0.25) is 0 Å². The van der Waals surface area contributed by atoms with Gasteiger partial charge in [0, 0.05) is 5.56 Å². The molecular weight excluding hydrogens is 326 g/mol. The van der Waals surface area contributed by atoms with Crippen molar-refractivity contribution in [3.05, 3.63) is 65.7 Å². The third kappa shape index (κ3) is 3.96. The van der Waals surface area contributed by atoms with E-state index in [1.807, 2.05) is 68.4 Å². The fourth-order valence-corrected chi connectivity index (χ4v) is 2.77. The van der Waals surface area contributed by atoms with E-state index in [4.69, 9.17) is 0 Å². The Labute approximate surface area is 153 Å². The Morgan fingerprint density at radius 2 is 1.81 bits per heavy atom. The maximum Gasteiger partial charge on any atom is 0.244 e. The molecule has 1 aromatic heterocycles. The van der Waals surface area contributed by atoms with Crippen molar-refractivity contribution in [2.24, 2.45) is 0 Å². The van der Waals surface area contributed by atoms with Gasteiger partial charge < -0.3 is 5.32 Å². The molecule has 2 aromatic carbocycles. The second-order valence-electron chi connectivity index (χ2n) is 6.61. The Morgan fingerprint density at radius 3 is 2.46 bits per heavy atom. The number of carbonyl (C=O) groups excluding carboxylic acids is 1. The number of nitrogens with zero attached hydrogens (tertiary/aromatic N) is 4. The fourth-order valence-electron chi connectivity index (χ4n) is 2.77. The second kappa shape index (κ2) is 7.47. The molecule has 26 heavy (non-hydrogen) atoms. The van der Waals surface area contributed by atoms with E-state index >= 15 is 0 Å². The average molecular weight is 349 g/mol. The summed E-state index contributed by atoms with van der Waals surface area (Å²) < 4.78 is 0. The predicted octanol–water partition coefficient (Wildman–Crippen LogP) is 3.09. The highest BCUT2D eigenvalue weighted by molar-refractivity contribution is 5.76. The molecule has 0 aliphatic heterocycles. The molecule has 1 amide bonds. The zero-order valence-corrected chi connectivity index (χ0v) is 15.3. The van der Waals surface area contributed by atoms with Crippen molar-refractivity contribution in [2.75, 3.05) is 0 Å². The van der Waals surface area contributed by atoms with E-state index in [2.05, 4.69) is 27.7 Å². The molecule has 0 aliphatic rings. The van der Waals surface area contributed by atoms with Crippen LogP contribution in [0.15, 0.2) is 54.6 Å². The van der Waals surface area contributed by atoms with Crippen LogP contribution in [0, 0.1) is 6.92 Å². The minimum Gasteiger partial charge on any atom is -0.345 e. The molecule has 1 atom stereocenters. The molecule has 0 saturated heterocycles. The molecule has 0 fully saturated rings. The summed E-state index contributed by atoms with van der Waals surface area (Å²) in [5.74, 6) is 0.366. The lowest BCUT2D eigenvalue weighted by Gasteiger charge is -2.30. The molecule has 0 bridgehead atoms. The normalized spacial score (nSPS) is 13.2. The highest BCUT2D eigenvalue weighted by atomic mass is 16.2. The number of hydrogen-bond donors (Lipinski definition) is 1. The Balaban J connectivity index is 1.69. The molecule has 1 heterocycles. The van der Waals surface area contributed by atoms with E-state index in [0.717, 1.165) is 17.5 Å². The van der Waals surface area contributed by atoms with E-state index < -0.39 is 5.54 Å². The SMILES string of the molecule is CCC(C)(NC(=O)Cn1nnc(-c2ccc(C)cc2)n1)c1ccccc1. The number of nitrogens with one attached hydrogen (secondary N) is 1. The van der Waals surface area contributed by atoms with Crippen LogP contribution in [0.3, 0.4) is 0 Å². The Kier molecular flexibility index (Phi) is 5.11. The third-order valence-electron chi connectivity index (χ3n) is 4.58. The lowest BCUT2D eigenvalue weighted by atomic mass is 9.89. The summed E-state index contributed by atoms with van der Waals surface area (Å²) in [6, 6.07) is 17.8. The van der Waals surface area contributed by atoms with Crippen LogP contribution in [0.25, 0.3) is 11.4 Å². The molecule has 134 valence electrons. The topological polar surface area (TPSA) is 72.7 Å². The van der Waals surface area contributed by atoms with Crippen molar-refractivity contribution in [3.63, 3.8) is 0 Å². The van der Waals surface area contributed by atoms with Gasteiger partial charge in [-0.1, -0.05) is 67.1 Å². The first kappa shape index (κ1) is 17.8. The van der Waals surface area contributed by atoms with Gasteiger partial charge in [-0.05, 0) is 31.0 Å². The first-order valence-corrected chi connectivity index (χ1v) is 8.71. The minimum absolute atomic E-state index is 0.0291. The van der Waals surface area contributed by atoms with Gasteiger partial charge in [0.1, 0.15) is 6.54 Å². The van der Waals surface area contributed by atoms with Crippen molar-refractivity contribution in [3.8, 4) is 11.4 Å². The number of benzene rings is 2. The summed E-state index contributed by atoms with van der Waals surface area (Å²) >= 11 is 0. The van der Waals surface area contributed by atoms with Crippen LogP contribution in [0.1, 0.15) is 31.4 Å². The maximum absolute atomic E-state index is 12.5. The smallest absolute Gasteiger partial charge is 0.244 e. The molecular formula is C20H23N5O. The lowest BCUT2D eigenvalue weighted by molar-refractivity contribution is -0.124. The summed E-state index contributed by atoms with van der Waals surface area (Å²) in [5, 5.41) is 15.5. The Bertz CT molecular complexity index is 873. The molecule has 0 spiro atoms. The number of carbonyl (C=O) groups is 1. The van der Waals surface area contributed by atoms with Gasteiger partial charge in [-0.2, -0.15) is 4.80 Å². The van der Waals surface area contributed by atoms with E-state index in [0.29, 0.717) is 5.82 Å². The number of amides is 1. The van der Waals surface area contributed by atoms with E-state index in [1.54, 1.807) is 0 Å². The zero-order valence-electron chi connectivity index (χ0n) is 15.3. The van der Waals surface area contributed by atoms with E-state index in [-0.39, 0.29) is 12.5 Å². The predicted molar refractivity (Wildman–Crippen MR) is 100 cm³/mol. The van der Waals surface area contributed by atoms with E-state index in [1.165, 1.54) is 10.4 Å². The summed E-state index contributed by atoms with van der Waals surface area (Å²) in [5.41, 5.74) is 2.69. The molecule has 3 aromatic rings. The fraction of sp³-hybridized carbons (Fsp3) is 0.300. The van der Waals surface area contributed by atoms with Crippen LogP contribution in [-0.4, -0.2) is 26.1 Å². The van der Waals surface area contributed by atoms with Gasteiger partial charge in [-0.3, -0.25) is 4.79 Å². The van der Waals surface area contributed by atoms with Crippen molar-refractivity contribution >= 4 is 5.91 Å². The highest BCUT2D eigenvalue weighted by Gasteiger charge is 2.26. The van der Waals surface area contributed by atoms with Crippen LogP contribution < -0.4 is 5.32 Å². The summed E-state index contributed by atoms with van der Waals surface area (Å²) in [7, 11) is 0. The van der Waals surface area contributed by atoms with Crippen molar-refractivity contribution < 1.29 is 4.79 Å². The van der Waals surface area contributed by atoms with Gasteiger partial charge in [0.05, 0.1) is 5.54 Å². The molecule has 0 radical (unpaired) electrons. The largest absolute Gasteiger partial charge is 0.345 e. The van der Waals surface area contributed by atoms with Gasteiger partial charge in [-0.15, -0.1) is 10.2 Å². The third-order valence-corrected chi connectivity index (χ3v) is 4.58. The van der Waals surface area contributed by atoms with Crippen molar-refractivity contribution in [1.82, 2.24) is 25.5 Å². The first-order valence-electron chi connectivity index (χ1n) is 8.71. The number of tetrazole rings is 1. The zero-order chi connectivity index (χ0) is 18.6. The minimum atomic E-state index is -0.432. The summed E-state index contributed by atoms with van der Waals surface area (Å²) in [6.45, 7) is 6.13. The van der Waals surface area contributed by atoms with Gasteiger partial charge >= 0.3 is 0 Å². The molecule has 3 rings (SSSR count). The monoisotopic (exact) mass is 349 g/mol. The quantitative estimate of drug-likeness (QED) is 0.742. The van der Waals surface area contributed by atoms with Crippen molar-refractivity contribution in [2.45, 2.75) is 39.3 Å². The second-order valence-corrected chi connectivity index (χ2v) is 6.61. The Hall–Kier alpha value is -3.02. The number of rotatable bonds is 6. The van der Waals surface area contributed by atoms with Crippen LogP contribution in [-0.2, 0) is 16.9 Å². The maximum atomic E-state index is 12.5. The number of aryl methyl sites for hydroxylation is 1. The lowest BCUT2D eigenvalue weighted by Crippen LogP contribution is -2.44. The van der Waals surface area contributed by atoms with Crippen LogP contribution in [0.5, 0.6) is 0 Å². The average Bonchev–Trinajstić information content (AvgIpc) is 3.11. The highest BCUT2D eigenvalue weighted by Crippen LogP contribution is 2.24. The van der Waals surface area contributed by atoms with Gasteiger partial charge in [0.15, 0.2) is 0 Å². The van der Waals surface area contributed by atoms with Gasteiger partial charge in [0.25, 0.3) is 0 Å². The molecule has 1 N–H and O–H groups in total. The summed E-state index contributed by atoms with van der Waals surface area (Å²) in [6.07, 6.45) is 0.780. The van der Waals surface area contributed by atoms with Gasteiger partial charge in [-0.25, -0.2) is 0 Å². The molecule has 0 saturated carbocycles. The van der Waals surface area contributed by atoms with Crippen LogP contribution in [0.4, 0.5) is 0 Å². The standard InChI is InChI=1S/C20H23N5O/c1-4-20(3,17-8-6-5-7-9-17)21-18(26)14-25-23-19(22-24-25)16-12-10-15(2)11-13-16/h5-13H,4,14H2,1-3H3,(H,21,26).